The van der Waals surface area contributed by atoms with Crippen LogP contribution in [0.4, 0.5) is 24.7 Å². The maximum Gasteiger partial charge on any atom is 0.452 e. The number of oxazole rings is 1. The van der Waals surface area contributed by atoms with Crippen molar-refractivity contribution in [1.82, 2.24) is 14.9 Å². The second-order valence-corrected chi connectivity index (χ2v) is 10.1. The van der Waals surface area contributed by atoms with Gasteiger partial charge in [-0.15, -0.1) is 0 Å². The van der Waals surface area contributed by atoms with E-state index in [4.69, 9.17) is 4.42 Å². The molecule has 0 spiro atoms. The molecule has 0 saturated carbocycles. The van der Waals surface area contributed by atoms with Gasteiger partial charge in [0.15, 0.2) is 5.69 Å². The molecule has 2 amide bonds. The predicted molar refractivity (Wildman–Crippen MR) is 141 cm³/mol. The van der Waals surface area contributed by atoms with Crippen molar-refractivity contribution in [2.45, 2.75) is 51.7 Å². The first-order valence-electron chi connectivity index (χ1n) is 12.9. The molecule has 1 saturated heterocycles. The standard InChI is InChI=1S/C28H32F3N5O3/c1-18(2)9-12-23(37)35(3)21-13-15-36(16-14-21)22-11-10-20(17-32-22)33-26(38)24-25(28(29,30)31)39-27(34-24)19-7-5-4-6-8-19/h4-8,10-11,17-18,21H,9,12-16H2,1-3H3,(H,33,38). The molecule has 3 heterocycles. The number of hydrogen-bond acceptors (Lipinski definition) is 6. The Morgan fingerprint density at radius 1 is 1.13 bits per heavy atom. The van der Waals surface area contributed by atoms with Crippen molar-refractivity contribution in [3.05, 3.63) is 60.1 Å². The van der Waals surface area contributed by atoms with Crippen LogP contribution in [-0.4, -0.2) is 52.9 Å². The maximum absolute atomic E-state index is 13.6. The van der Waals surface area contributed by atoms with Crippen molar-refractivity contribution >= 4 is 23.3 Å². The molecule has 3 aromatic rings. The van der Waals surface area contributed by atoms with Crippen LogP contribution in [-0.2, 0) is 11.0 Å². The van der Waals surface area contributed by atoms with Crippen LogP contribution in [0.3, 0.4) is 0 Å². The van der Waals surface area contributed by atoms with Gasteiger partial charge in [-0.25, -0.2) is 9.97 Å². The zero-order chi connectivity index (χ0) is 28.2. The number of nitrogens with zero attached hydrogens (tertiary/aromatic N) is 4. The highest BCUT2D eigenvalue weighted by Crippen LogP contribution is 2.35. The summed E-state index contributed by atoms with van der Waals surface area (Å²) >= 11 is 0. The Kier molecular flexibility index (Phi) is 8.57. The third kappa shape index (κ3) is 6.96. The topological polar surface area (TPSA) is 91.6 Å². The molecule has 4 rings (SSSR count). The summed E-state index contributed by atoms with van der Waals surface area (Å²) in [5.74, 6) is -1.47. The van der Waals surface area contributed by atoms with Gasteiger partial charge in [0.2, 0.25) is 17.6 Å². The number of hydrogen-bond donors (Lipinski definition) is 1. The normalized spacial score (nSPS) is 14.5. The van der Waals surface area contributed by atoms with Crippen molar-refractivity contribution in [1.29, 1.82) is 0 Å². The Hall–Kier alpha value is -3.89. The van der Waals surface area contributed by atoms with Gasteiger partial charge < -0.3 is 19.5 Å². The molecule has 1 aromatic carbocycles. The molecule has 208 valence electrons. The van der Waals surface area contributed by atoms with Crippen molar-refractivity contribution in [2.24, 2.45) is 5.92 Å². The van der Waals surface area contributed by atoms with Crippen LogP contribution in [0.2, 0.25) is 0 Å². The van der Waals surface area contributed by atoms with Crippen LogP contribution in [0.25, 0.3) is 11.5 Å². The van der Waals surface area contributed by atoms with E-state index < -0.39 is 23.5 Å². The van der Waals surface area contributed by atoms with E-state index in [-0.39, 0.29) is 23.5 Å². The number of carbonyl (C=O) groups excluding carboxylic acids is 2. The minimum atomic E-state index is -4.89. The molecule has 0 unspecified atom stereocenters. The summed E-state index contributed by atoms with van der Waals surface area (Å²) in [5, 5.41) is 2.43. The lowest BCUT2D eigenvalue weighted by atomic mass is 10.0. The fourth-order valence-corrected chi connectivity index (χ4v) is 4.48. The molecule has 1 fully saturated rings. The van der Waals surface area contributed by atoms with Gasteiger partial charge in [-0.2, -0.15) is 13.2 Å². The second kappa shape index (κ2) is 11.9. The quantitative estimate of drug-likeness (QED) is 0.382. The molecule has 11 heteroatoms. The number of amides is 2. The number of aromatic nitrogens is 2. The Morgan fingerprint density at radius 3 is 2.41 bits per heavy atom. The van der Waals surface area contributed by atoms with Gasteiger partial charge in [-0.05, 0) is 49.4 Å². The number of rotatable bonds is 8. The van der Waals surface area contributed by atoms with E-state index in [0.29, 0.717) is 36.8 Å². The lowest BCUT2D eigenvalue weighted by Crippen LogP contribution is -2.45. The number of anilines is 2. The zero-order valence-electron chi connectivity index (χ0n) is 22.2. The summed E-state index contributed by atoms with van der Waals surface area (Å²) in [7, 11) is 1.86. The maximum atomic E-state index is 13.6. The smallest absolute Gasteiger partial charge is 0.431 e. The molecule has 1 aliphatic heterocycles. The highest BCUT2D eigenvalue weighted by Gasteiger charge is 2.42. The van der Waals surface area contributed by atoms with Gasteiger partial charge in [0, 0.05) is 38.2 Å². The molecule has 0 radical (unpaired) electrons. The average molecular weight is 544 g/mol. The van der Waals surface area contributed by atoms with E-state index in [9.17, 15) is 22.8 Å². The number of halogens is 3. The lowest BCUT2D eigenvalue weighted by molar-refractivity contribution is -0.153. The molecule has 39 heavy (non-hydrogen) atoms. The average Bonchev–Trinajstić information content (AvgIpc) is 3.39. The molecule has 1 aliphatic rings. The summed E-state index contributed by atoms with van der Waals surface area (Å²) in [6, 6.07) is 11.5. The molecular weight excluding hydrogens is 511 g/mol. The van der Waals surface area contributed by atoms with Gasteiger partial charge >= 0.3 is 6.18 Å². The van der Waals surface area contributed by atoms with E-state index >= 15 is 0 Å². The molecule has 8 nitrogen and oxygen atoms in total. The van der Waals surface area contributed by atoms with Gasteiger partial charge in [0.1, 0.15) is 5.82 Å². The third-order valence-corrected chi connectivity index (χ3v) is 6.79. The van der Waals surface area contributed by atoms with Crippen LogP contribution < -0.4 is 10.2 Å². The monoisotopic (exact) mass is 543 g/mol. The fraction of sp³-hybridized carbons (Fsp3) is 0.429. The van der Waals surface area contributed by atoms with Crippen molar-refractivity contribution < 1.29 is 27.2 Å². The number of alkyl halides is 3. The molecular formula is C28H32F3N5O3. The molecule has 2 aromatic heterocycles. The van der Waals surface area contributed by atoms with E-state index in [1.54, 1.807) is 42.5 Å². The summed E-state index contributed by atoms with van der Waals surface area (Å²) in [5.41, 5.74) is -0.297. The first-order valence-corrected chi connectivity index (χ1v) is 12.9. The van der Waals surface area contributed by atoms with Crippen LogP contribution >= 0.6 is 0 Å². The largest absolute Gasteiger partial charge is 0.452 e. The first kappa shape index (κ1) is 28.1. The minimum Gasteiger partial charge on any atom is -0.431 e. The lowest BCUT2D eigenvalue weighted by Gasteiger charge is -2.37. The number of piperidine rings is 1. The Balaban J connectivity index is 1.38. The van der Waals surface area contributed by atoms with Crippen molar-refractivity contribution in [3.63, 3.8) is 0 Å². The highest BCUT2D eigenvalue weighted by atomic mass is 19.4. The van der Waals surface area contributed by atoms with E-state index in [2.05, 4.69) is 34.0 Å². The van der Waals surface area contributed by atoms with E-state index in [1.807, 2.05) is 11.9 Å². The van der Waals surface area contributed by atoms with E-state index in [0.717, 1.165) is 19.3 Å². The van der Waals surface area contributed by atoms with Crippen LogP contribution in [0.5, 0.6) is 0 Å². The summed E-state index contributed by atoms with van der Waals surface area (Å²) in [6.45, 7) is 5.62. The number of pyridine rings is 1. The molecule has 0 bridgehead atoms. The Bertz CT molecular complexity index is 1270. The predicted octanol–water partition coefficient (Wildman–Crippen LogP) is 5.87. The zero-order valence-corrected chi connectivity index (χ0v) is 22.2. The fourth-order valence-electron chi connectivity index (χ4n) is 4.48. The van der Waals surface area contributed by atoms with Crippen LogP contribution in [0.15, 0.2) is 53.1 Å². The highest BCUT2D eigenvalue weighted by molar-refractivity contribution is 6.04. The van der Waals surface area contributed by atoms with E-state index in [1.165, 1.54) is 6.20 Å². The summed E-state index contributed by atoms with van der Waals surface area (Å²) in [6.07, 6.45) is -0.465. The SMILES string of the molecule is CC(C)CCC(=O)N(C)C1CCN(c2ccc(NC(=O)c3nc(-c4ccccc4)oc3C(F)(F)F)cn2)CC1. The second-order valence-electron chi connectivity index (χ2n) is 10.1. The first-order chi connectivity index (χ1) is 18.5. The van der Waals surface area contributed by atoms with Gasteiger partial charge in [-0.1, -0.05) is 32.0 Å². The molecule has 0 atom stereocenters. The Labute approximate surface area is 225 Å². The summed E-state index contributed by atoms with van der Waals surface area (Å²) in [4.78, 5) is 37.4. The number of carbonyl (C=O) groups is 2. The van der Waals surface area contributed by atoms with Gasteiger partial charge in [0.25, 0.3) is 5.91 Å². The molecule has 1 N–H and O–H groups in total. The summed E-state index contributed by atoms with van der Waals surface area (Å²) < 4.78 is 45.7. The number of nitrogens with one attached hydrogen (secondary N) is 1. The number of benzene rings is 1. The van der Waals surface area contributed by atoms with Gasteiger partial charge in [-0.3, -0.25) is 9.59 Å². The van der Waals surface area contributed by atoms with Crippen LogP contribution in [0.1, 0.15) is 55.8 Å². The minimum absolute atomic E-state index is 0.164. The van der Waals surface area contributed by atoms with Crippen molar-refractivity contribution in [2.75, 3.05) is 30.4 Å². The third-order valence-electron chi connectivity index (χ3n) is 6.79. The van der Waals surface area contributed by atoms with Crippen LogP contribution in [0, 0.1) is 5.92 Å². The Morgan fingerprint density at radius 2 is 1.82 bits per heavy atom. The van der Waals surface area contributed by atoms with Crippen molar-refractivity contribution in [3.8, 4) is 11.5 Å². The van der Waals surface area contributed by atoms with Gasteiger partial charge in [0.05, 0.1) is 11.9 Å². The molecule has 0 aliphatic carbocycles.